The Bertz CT molecular complexity index is 548. The lowest BCUT2D eigenvalue weighted by molar-refractivity contribution is 0.479. The fraction of sp³-hybridized carbons (Fsp3) is 0.214. The predicted molar refractivity (Wildman–Crippen MR) is 77.5 cm³/mol. The second-order valence-electron chi connectivity index (χ2n) is 4.14. The molecule has 94 valence electrons. The van der Waals surface area contributed by atoms with Crippen molar-refractivity contribution in [1.82, 2.24) is 4.98 Å². The number of rotatable bonds is 3. The highest BCUT2D eigenvalue weighted by molar-refractivity contribution is 9.10. The van der Waals surface area contributed by atoms with Gasteiger partial charge in [-0.25, -0.2) is 0 Å². The molecule has 0 N–H and O–H groups in total. The Morgan fingerprint density at radius 3 is 2.39 bits per heavy atom. The molecule has 0 spiro atoms. The van der Waals surface area contributed by atoms with E-state index in [0.717, 1.165) is 26.9 Å². The third-order valence-corrected chi connectivity index (χ3v) is 4.13. The summed E-state index contributed by atoms with van der Waals surface area (Å²) in [5.74, 6) is 1.94. The van der Waals surface area contributed by atoms with Crippen molar-refractivity contribution in [2.24, 2.45) is 0 Å². The molecule has 1 aromatic carbocycles. The summed E-state index contributed by atoms with van der Waals surface area (Å²) < 4.78 is 6.91. The average Bonchev–Trinajstić information content (AvgIpc) is 2.36. The fourth-order valence-electron chi connectivity index (χ4n) is 1.69. The molecule has 2 aromatic rings. The lowest BCUT2D eigenvalue weighted by Crippen LogP contribution is -1.90. The maximum atomic E-state index is 5.80. The van der Waals surface area contributed by atoms with Gasteiger partial charge in [-0.05, 0) is 48.7 Å². The molecule has 0 atom stereocenters. The van der Waals surface area contributed by atoms with Crippen LogP contribution in [0.5, 0.6) is 11.5 Å². The molecule has 2 nitrogen and oxygen atoms in total. The van der Waals surface area contributed by atoms with Crippen LogP contribution >= 0.6 is 27.5 Å². The second kappa shape index (κ2) is 5.72. The van der Waals surface area contributed by atoms with Crippen molar-refractivity contribution in [3.05, 3.63) is 51.8 Å². The standard InChI is InChI=1S/C14H13BrClNO/c1-9-3-12(4-10(2)14(9)15)18-13-5-11(6-16)7-17-8-13/h3-5,7-8H,6H2,1-2H3. The molecule has 0 amide bonds. The van der Waals surface area contributed by atoms with Gasteiger partial charge in [0.25, 0.3) is 0 Å². The van der Waals surface area contributed by atoms with Gasteiger partial charge in [-0.3, -0.25) is 4.98 Å². The smallest absolute Gasteiger partial charge is 0.146 e. The number of alkyl halides is 1. The van der Waals surface area contributed by atoms with Gasteiger partial charge in [0.05, 0.1) is 6.20 Å². The summed E-state index contributed by atoms with van der Waals surface area (Å²) >= 11 is 9.31. The molecule has 0 saturated heterocycles. The summed E-state index contributed by atoms with van der Waals surface area (Å²) in [7, 11) is 0. The van der Waals surface area contributed by atoms with Gasteiger partial charge in [-0.2, -0.15) is 0 Å². The molecule has 0 fully saturated rings. The number of nitrogens with zero attached hydrogens (tertiary/aromatic N) is 1. The van der Waals surface area contributed by atoms with E-state index in [1.807, 2.05) is 32.0 Å². The highest BCUT2D eigenvalue weighted by Crippen LogP contribution is 2.29. The summed E-state index contributed by atoms with van der Waals surface area (Å²) in [5.41, 5.74) is 3.23. The average molecular weight is 327 g/mol. The van der Waals surface area contributed by atoms with E-state index >= 15 is 0 Å². The summed E-state index contributed by atoms with van der Waals surface area (Å²) in [6, 6.07) is 5.88. The summed E-state index contributed by atoms with van der Waals surface area (Å²) in [6.45, 7) is 4.08. The van der Waals surface area contributed by atoms with Gasteiger partial charge in [0.15, 0.2) is 0 Å². The molecule has 0 bridgehead atoms. The second-order valence-corrected chi connectivity index (χ2v) is 5.20. The lowest BCUT2D eigenvalue weighted by atomic mass is 10.1. The molecule has 0 radical (unpaired) electrons. The van der Waals surface area contributed by atoms with E-state index in [-0.39, 0.29) is 0 Å². The fourth-order valence-corrected chi connectivity index (χ4v) is 2.07. The number of halogens is 2. The maximum absolute atomic E-state index is 5.80. The number of aromatic nitrogens is 1. The van der Waals surface area contributed by atoms with Crippen LogP contribution in [-0.4, -0.2) is 4.98 Å². The first kappa shape index (κ1) is 13.4. The third kappa shape index (κ3) is 3.03. The molecule has 2 rings (SSSR count). The predicted octanol–water partition coefficient (Wildman–Crippen LogP) is 4.99. The van der Waals surface area contributed by atoms with Gasteiger partial charge in [0.1, 0.15) is 11.5 Å². The number of ether oxygens (including phenoxy) is 1. The number of aryl methyl sites for hydroxylation is 2. The van der Waals surface area contributed by atoms with Crippen molar-refractivity contribution < 1.29 is 4.74 Å². The molecule has 18 heavy (non-hydrogen) atoms. The van der Waals surface area contributed by atoms with Crippen molar-refractivity contribution in [2.75, 3.05) is 0 Å². The van der Waals surface area contributed by atoms with E-state index in [4.69, 9.17) is 16.3 Å². The zero-order chi connectivity index (χ0) is 13.1. The molecule has 0 unspecified atom stereocenters. The first-order valence-corrected chi connectivity index (χ1v) is 6.87. The molecule has 0 aliphatic rings. The van der Waals surface area contributed by atoms with Crippen LogP contribution in [0, 0.1) is 13.8 Å². The summed E-state index contributed by atoms with van der Waals surface area (Å²) in [4.78, 5) is 4.10. The van der Waals surface area contributed by atoms with E-state index in [9.17, 15) is 0 Å². The molecule has 1 aromatic heterocycles. The quantitative estimate of drug-likeness (QED) is 0.741. The molecular weight excluding hydrogens is 314 g/mol. The Labute approximate surface area is 120 Å². The van der Waals surface area contributed by atoms with Gasteiger partial charge in [-0.1, -0.05) is 15.9 Å². The third-order valence-electron chi connectivity index (χ3n) is 2.57. The lowest BCUT2D eigenvalue weighted by Gasteiger charge is -2.10. The first-order valence-electron chi connectivity index (χ1n) is 5.54. The van der Waals surface area contributed by atoms with Crippen molar-refractivity contribution in [1.29, 1.82) is 0 Å². The number of hydrogen-bond acceptors (Lipinski definition) is 2. The van der Waals surface area contributed by atoms with Crippen molar-refractivity contribution in [3.8, 4) is 11.5 Å². The Morgan fingerprint density at radius 2 is 1.78 bits per heavy atom. The number of pyridine rings is 1. The van der Waals surface area contributed by atoms with E-state index in [0.29, 0.717) is 11.6 Å². The van der Waals surface area contributed by atoms with Crippen LogP contribution in [-0.2, 0) is 5.88 Å². The highest BCUT2D eigenvalue weighted by atomic mass is 79.9. The molecule has 4 heteroatoms. The Balaban J connectivity index is 2.28. The Morgan fingerprint density at radius 1 is 1.11 bits per heavy atom. The SMILES string of the molecule is Cc1cc(Oc2cncc(CCl)c2)cc(C)c1Br. The Kier molecular flexibility index (Phi) is 4.25. The zero-order valence-electron chi connectivity index (χ0n) is 10.2. The van der Waals surface area contributed by atoms with Crippen LogP contribution in [0.1, 0.15) is 16.7 Å². The molecule has 0 aliphatic heterocycles. The van der Waals surface area contributed by atoms with Crippen LogP contribution in [0.4, 0.5) is 0 Å². The van der Waals surface area contributed by atoms with Crippen LogP contribution in [0.2, 0.25) is 0 Å². The van der Waals surface area contributed by atoms with Crippen molar-refractivity contribution in [3.63, 3.8) is 0 Å². The summed E-state index contributed by atoms with van der Waals surface area (Å²) in [5, 5.41) is 0. The molecule has 1 heterocycles. The van der Waals surface area contributed by atoms with Gasteiger partial charge >= 0.3 is 0 Å². The van der Waals surface area contributed by atoms with Gasteiger partial charge in [0.2, 0.25) is 0 Å². The topological polar surface area (TPSA) is 22.1 Å². The van der Waals surface area contributed by atoms with Crippen molar-refractivity contribution in [2.45, 2.75) is 19.7 Å². The van der Waals surface area contributed by atoms with E-state index in [1.165, 1.54) is 0 Å². The van der Waals surface area contributed by atoms with E-state index in [2.05, 4.69) is 20.9 Å². The minimum Gasteiger partial charge on any atom is -0.456 e. The van der Waals surface area contributed by atoms with Gasteiger partial charge in [0, 0.05) is 16.5 Å². The van der Waals surface area contributed by atoms with Crippen LogP contribution < -0.4 is 4.74 Å². The van der Waals surface area contributed by atoms with Crippen LogP contribution in [0.3, 0.4) is 0 Å². The van der Waals surface area contributed by atoms with Gasteiger partial charge < -0.3 is 4.74 Å². The maximum Gasteiger partial charge on any atom is 0.146 e. The first-order chi connectivity index (χ1) is 8.60. The van der Waals surface area contributed by atoms with E-state index < -0.39 is 0 Å². The largest absolute Gasteiger partial charge is 0.456 e. The van der Waals surface area contributed by atoms with Crippen molar-refractivity contribution >= 4 is 27.5 Å². The molecule has 0 aliphatic carbocycles. The molecular formula is C14H13BrClNO. The number of hydrogen-bond donors (Lipinski definition) is 0. The Hall–Kier alpha value is -1.06. The normalized spacial score (nSPS) is 10.4. The minimum absolute atomic E-state index is 0.433. The highest BCUT2D eigenvalue weighted by Gasteiger charge is 2.05. The van der Waals surface area contributed by atoms with Gasteiger partial charge in [-0.15, -0.1) is 11.6 Å². The monoisotopic (exact) mass is 325 g/mol. The van der Waals surface area contributed by atoms with Crippen LogP contribution in [0.15, 0.2) is 35.1 Å². The number of benzene rings is 1. The van der Waals surface area contributed by atoms with E-state index in [1.54, 1.807) is 12.4 Å². The summed E-state index contributed by atoms with van der Waals surface area (Å²) in [6.07, 6.45) is 3.42. The van der Waals surface area contributed by atoms with Crippen LogP contribution in [0.25, 0.3) is 0 Å². The molecule has 0 saturated carbocycles. The minimum atomic E-state index is 0.433. The zero-order valence-corrected chi connectivity index (χ0v) is 12.5.